The molecule has 12 heteroatoms. The van der Waals surface area contributed by atoms with E-state index in [2.05, 4.69) is 20.7 Å². The second-order valence-electron chi connectivity index (χ2n) is 8.59. The molecule has 4 N–H and O–H groups in total. The molecular formula is C23H29N7O4S. The number of primary amides is 1. The van der Waals surface area contributed by atoms with Gasteiger partial charge in [0.2, 0.25) is 0 Å². The molecule has 0 spiro atoms. The van der Waals surface area contributed by atoms with Crippen LogP contribution in [0, 0.1) is 0 Å². The second-order valence-corrected chi connectivity index (χ2v) is 10.6. The first kappa shape index (κ1) is 24.5. The lowest BCUT2D eigenvalue weighted by Crippen LogP contribution is -2.44. The molecule has 4 rings (SSSR count). The Morgan fingerprint density at radius 3 is 2.43 bits per heavy atom. The molecule has 1 aromatic carbocycles. The number of aryl methyl sites for hydroxylation is 1. The highest BCUT2D eigenvalue weighted by molar-refractivity contribution is 7.90. The summed E-state index contributed by atoms with van der Waals surface area (Å²) in [4.78, 5) is 31.0. The summed E-state index contributed by atoms with van der Waals surface area (Å²) in [5.74, 6) is -0.312. The van der Waals surface area contributed by atoms with Crippen LogP contribution in [-0.2, 0) is 22.9 Å². The van der Waals surface area contributed by atoms with Crippen LogP contribution in [0.2, 0.25) is 0 Å². The number of nitrogens with one attached hydrogen (secondary N) is 2. The monoisotopic (exact) mass is 499 g/mol. The summed E-state index contributed by atoms with van der Waals surface area (Å²) in [5, 5.41) is 11.5. The number of pyridine rings is 1. The van der Waals surface area contributed by atoms with Crippen LogP contribution in [0.15, 0.2) is 41.6 Å². The predicted octanol–water partition coefficient (Wildman–Crippen LogP) is 1.74. The van der Waals surface area contributed by atoms with Gasteiger partial charge in [-0.05, 0) is 37.5 Å². The number of nitrogens with zero attached hydrogens (tertiary/aromatic N) is 4. The maximum Gasteiger partial charge on any atom is 0.314 e. The average Bonchev–Trinajstić information content (AvgIpc) is 3.26. The molecule has 11 nitrogen and oxygen atoms in total. The first-order chi connectivity index (χ1) is 16.7. The molecule has 3 amide bonds. The van der Waals surface area contributed by atoms with Crippen molar-refractivity contribution in [1.29, 1.82) is 0 Å². The van der Waals surface area contributed by atoms with Gasteiger partial charge < -0.3 is 21.3 Å². The first-order valence-corrected chi connectivity index (χ1v) is 13.3. The molecule has 1 fully saturated rings. The molecule has 0 bridgehead atoms. The molecule has 1 aliphatic rings. The molecule has 0 atom stereocenters. The molecule has 1 saturated heterocycles. The standard InChI is InChI=1S/C23H29N7O4S/c1-3-30-21-18(14-27-30)20(28-16-8-10-29(11-9-16)23(24)32)19(13-25-21)22(31)26-12-15-4-6-17(7-5-15)35(2,33)34/h4-7,13-14,16H,3,8-12H2,1-2H3,(H2,24,32)(H,25,28)(H,26,31). The van der Waals surface area contributed by atoms with Crippen LogP contribution in [0.25, 0.3) is 11.0 Å². The van der Waals surface area contributed by atoms with Crippen molar-refractivity contribution in [3.05, 3.63) is 47.8 Å². The predicted molar refractivity (Wildman–Crippen MR) is 132 cm³/mol. The number of amides is 3. The molecule has 0 unspecified atom stereocenters. The van der Waals surface area contributed by atoms with Crippen LogP contribution >= 0.6 is 0 Å². The number of rotatable bonds is 7. The zero-order chi connectivity index (χ0) is 25.2. The number of nitrogens with two attached hydrogens (primary N) is 1. The number of hydrogen-bond donors (Lipinski definition) is 3. The Kier molecular flexibility index (Phi) is 6.92. The molecule has 2 aromatic heterocycles. The van der Waals surface area contributed by atoms with Gasteiger partial charge in [0.15, 0.2) is 15.5 Å². The highest BCUT2D eigenvalue weighted by Crippen LogP contribution is 2.28. The van der Waals surface area contributed by atoms with Crippen molar-refractivity contribution in [3.8, 4) is 0 Å². The van der Waals surface area contributed by atoms with Gasteiger partial charge >= 0.3 is 6.03 Å². The zero-order valence-electron chi connectivity index (χ0n) is 19.7. The van der Waals surface area contributed by atoms with Gasteiger partial charge in [0.25, 0.3) is 5.91 Å². The van der Waals surface area contributed by atoms with E-state index in [-0.39, 0.29) is 23.4 Å². The molecular weight excluding hydrogens is 470 g/mol. The van der Waals surface area contributed by atoms with E-state index >= 15 is 0 Å². The smallest absolute Gasteiger partial charge is 0.314 e. The molecule has 0 saturated carbocycles. The molecule has 35 heavy (non-hydrogen) atoms. The third-order valence-corrected chi connectivity index (χ3v) is 7.30. The number of fused-ring (bicyclic) bond motifs is 1. The van der Waals surface area contributed by atoms with Gasteiger partial charge in [-0.3, -0.25) is 4.79 Å². The Labute approximate surface area is 203 Å². The van der Waals surface area contributed by atoms with Gasteiger partial charge in [0.1, 0.15) is 0 Å². The van der Waals surface area contributed by atoms with Gasteiger partial charge in [-0.15, -0.1) is 0 Å². The maximum absolute atomic E-state index is 13.2. The number of benzene rings is 1. The summed E-state index contributed by atoms with van der Waals surface area (Å²) in [6, 6.07) is 6.02. The summed E-state index contributed by atoms with van der Waals surface area (Å²) in [5.41, 5.74) is 7.88. The Morgan fingerprint density at radius 2 is 1.83 bits per heavy atom. The van der Waals surface area contributed by atoms with Crippen LogP contribution in [0.5, 0.6) is 0 Å². The van der Waals surface area contributed by atoms with E-state index in [1.807, 2.05) is 6.92 Å². The van der Waals surface area contributed by atoms with Gasteiger partial charge in [0, 0.05) is 44.7 Å². The summed E-state index contributed by atoms with van der Waals surface area (Å²) < 4.78 is 25.1. The van der Waals surface area contributed by atoms with Crippen molar-refractivity contribution >= 4 is 38.5 Å². The Bertz CT molecular complexity index is 1340. The number of carbonyl (C=O) groups is 2. The van der Waals surface area contributed by atoms with Crippen molar-refractivity contribution in [2.45, 2.75) is 43.8 Å². The van der Waals surface area contributed by atoms with Gasteiger partial charge in [-0.1, -0.05) is 12.1 Å². The Hall–Kier alpha value is -3.67. The average molecular weight is 500 g/mol. The minimum Gasteiger partial charge on any atom is -0.381 e. The van der Waals surface area contributed by atoms with Gasteiger partial charge in [-0.25, -0.2) is 22.9 Å². The van der Waals surface area contributed by atoms with Crippen molar-refractivity contribution in [2.75, 3.05) is 24.7 Å². The number of anilines is 1. The number of sulfone groups is 1. The van der Waals surface area contributed by atoms with E-state index < -0.39 is 15.9 Å². The number of urea groups is 1. The van der Waals surface area contributed by atoms with Crippen LogP contribution < -0.4 is 16.4 Å². The fourth-order valence-electron chi connectivity index (χ4n) is 4.17. The number of carbonyl (C=O) groups excluding carboxylic acids is 2. The van der Waals surface area contributed by atoms with Crippen LogP contribution in [0.3, 0.4) is 0 Å². The van der Waals surface area contributed by atoms with Crippen LogP contribution in [-0.4, -0.2) is 65.4 Å². The summed E-state index contributed by atoms with van der Waals surface area (Å²) in [6.45, 7) is 3.92. The van der Waals surface area contributed by atoms with Gasteiger partial charge in [-0.2, -0.15) is 5.10 Å². The van der Waals surface area contributed by atoms with E-state index in [4.69, 9.17) is 5.73 Å². The summed E-state index contributed by atoms with van der Waals surface area (Å²) >= 11 is 0. The van der Waals surface area contributed by atoms with Crippen molar-refractivity contribution in [1.82, 2.24) is 25.0 Å². The topological polar surface area (TPSA) is 152 Å². The number of aromatic nitrogens is 3. The molecule has 3 heterocycles. The third-order valence-electron chi connectivity index (χ3n) is 6.17. The lowest BCUT2D eigenvalue weighted by Gasteiger charge is -2.32. The summed E-state index contributed by atoms with van der Waals surface area (Å²) in [7, 11) is -3.28. The van der Waals surface area contributed by atoms with Crippen LogP contribution in [0.4, 0.5) is 10.5 Å². The molecule has 3 aromatic rings. The van der Waals surface area contributed by atoms with Crippen LogP contribution in [0.1, 0.15) is 35.7 Å². The van der Waals surface area contributed by atoms with Crippen molar-refractivity contribution in [3.63, 3.8) is 0 Å². The quantitative estimate of drug-likeness (QED) is 0.448. The van der Waals surface area contributed by atoms with E-state index in [9.17, 15) is 18.0 Å². The molecule has 0 radical (unpaired) electrons. The second kappa shape index (κ2) is 9.90. The van der Waals surface area contributed by atoms with E-state index in [0.29, 0.717) is 49.4 Å². The van der Waals surface area contributed by atoms with Gasteiger partial charge in [0.05, 0.1) is 27.7 Å². The number of piperidine rings is 1. The lowest BCUT2D eigenvalue weighted by molar-refractivity contribution is 0.0951. The van der Waals surface area contributed by atoms with Crippen molar-refractivity contribution in [2.24, 2.45) is 5.73 Å². The van der Waals surface area contributed by atoms with E-state index in [1.54, 1.807) is 34.1 Å². The normalized spacial score (nSPS) is 14.7. The highest BCUT2D eigenvalue weighted by Gasteiger charge is 2.25. The third kappa shape index (κ3) is 5.37. The zero-order valence-corrected chi connectivity index (χ0v) is 20.5. The maximum atomic E-state index is 13.2. The fraction of sp³-hybridized carbons (Fsp3) is 0.391. The van der Waals surface area contributed by atoms with E-state index in [0.717, 1.165) is 17.2 Å². The fourth-order valence-corrected chi connectivity index (χ4v) is 4.80. The SMILES string of the molecule is CCn1ncc2c(NC3CCN(C(N)=O)CC3)c(C(=O)NCc3ccc(S(C)(=O)=O)cc3)cnc21. The molecule has 0 aliphatic carbocycles. The largest absolute Gasteiger partial charge is 0.381 e. The van der Waals surface area contributed by atoms with Crippen molar-refractivity contribution < 1.29 is 18.0 Å². The first-order valence-electron chi connectivity index (χ1n) is 11.4. The Morgan fingerprint density at radius 1 is 1.14 bits per heavy atom. The number of likely N-dealkylation sites (tertiary alicyclic amines) is 1. The number of hydrogen-bond acceptors (Lipinski definition) is 7. The summed E-state index contributed by atoms with van der Waals surface area (Å²) in [6.07, 6.45) is 5.79. The minimum atomic E-state index is -3.28. The molecule has 186 valence electrons. The Balaban J connectivity index is 1.55. The van der Waals surface area contributed by atoms with E-state index in [1.165, 1.54) is 12.1 Å². The molecule has 1 aliphatic heterocycles. The lowest BCUT2D eigenvalue weighted by atomic mass is 10.0. The minimum absolute atomic E-state index is 0.0521. The highest BCUT2D eigenvalue weighted by atomic mass is 32.2.